The van der Waals surface area contributed by atoms with Crippen molar-refractivity contribution in [3.05, 3.63) is 241 Å². The van der Waals surface area contributed by atoms with Crippen molar-refractivity contribution in [2.24, 2.45) is 40.9 Å². The van der Waals surface area contributed by atoms with E-state index in [4.69, 9.17) is 28.9 Å². The number of fused-ring (bicyclic) bond motifs is 8. The van der Waals surface area contributed by atoms with Crippen molar-refractivity contribution in [1.82, 2.24) is 19.9 Å². The molecule has 108 heavy (non-hydrogen) atoms. The summed E-state index contributed by atoms with van der Waals surface area (Å²) in [5.41, 5.74) is 19.4. The molecule has 0 spiro atoms. The number of nitrogens with one attached hydrogen (secondary N) is 2. The zero-order valence-electron chi connectivity index (χ0n) is 62.3. The molecule has 0 radical (unpaired) electrons. The Morgan fingerprint density at radius 1 is 0.222 bits per heavy atom. The number of aromatic amines is 2. The van der Waals surface area contributed by atoms with E-state index in [1.807, 2.05) is 146 Å². The first-order valence-electron chi connectivity index (χ1n) is 38.5. The van der Waals surface area contributed by atoms with Gasteiger partial charge in [0.25, 0.3) is 0 Å². The van der Waals surface area contributed by atoms with Gasteiger partial charge in [0.2, 0.25) is 0 Å². The van der Waals surface area contributed by atoms with Crippen LogP contribution >= 0.6 is 0 Å². The predicted octanol–water partition coefficient (Wildman–Crippen LogP) is 28.8. The molecule has 0 unspecified atom stereocenters. The Morgan fingerprint density at radius 3 is 0.593 bits per heavy atom. The van der Waals surface area contributed by atoms with Crippen molar-refractivity contribution in [3.8, 4) is 67.5 Å². The first kappa shape index (κ1) is 74.2. The number of ether oxygens (including phenoxy) is 4. The Balaban J connectivity index is 0.903. The van der Waals surface area contributed by atoms with Gasteiger partial charge in [0, 0.05) is 44.3 Å². The number of benzene rings is 8. The van der Waals surface area contributed by atoms with E-state index in [-0.39, 0.29) is 0 Å². The maximum Gasteiger partial charge on any atom is 0.119 e. The van der Waals surface area contributed by atoms with Crippen LogP contribution in [0, 0.1) is 0 Å². The summed E-state index contributed by atoms with van der Waals surface area (Å²) in [5, 5.41) is 37.3. The molecule has 2 N–H and O–H groups in total. The second-order valence-corrected chi connectivity index (χ2v) is 27.1. The highest BCUT2D eigenvalue weighted by molar-refractivity contribution is 6.00. The normalized spacial score (nSPS) is 12.0. The average Bonchev–Trinajstić information content (AvgIpc) is 1.61. The lowest BCUT2D eigenvalue weighted by Crippen LogP contribution is -1.96. The van der Waals surface area contributed by atoms with E-state index in [1.54, 1.807) is 0 Å². The summed E-state index contributed by atoms with van der Waals surface area (Å²) >= 11 is 0. The fraction of sp³-hybridized carbons (Fsp3) is 0.261. The van der Waals surface area contributed by atoms with Crippen LogP contribution in [0.4, 0.5) is 45.5 Å². The van der Waals surface area contributed by atoms with Gasteiger partial charge in [-0.05, 0) is 242 Å². The van der Waals surface area contributed by atoms with Crippen molar-refractivity contribution in [1.29, 1.82) is 0 Å². The first-order valence-corrected chi connectivity index (χ1v) is 38.5. The lowest BCUT2D eigenvalue weighted by Gasteiger charge is -2.08. The molecular weight excluding hydrogens is 1340 g/mol. The van der Waals surface area contributed by atoms with Crippen LogP contribution in [0.1, 0.15) is 153 Å². The number of hydrogen-bond donors (Lipinski definition) is 2. The minimum Gasteiger partial charge on any atom is -0.494 e. The number of rotatable bonds is 36. The van der Waals surface area contributed by atoms with Gasteiger partial charge in [-0.2, -0.15) is 40.9 Å². The monoisotopic (exact) mass is 1430 g/mol. The van der Waals surface area contributed by atoms with E-state index >= 15 is 0 Å². The van der Waals surface area contributed by atoms with Gasteiger partial charge in [-0.15, -0.1) is 0 Å². The molecule has 0 fully saturated rings. The van der Waals surface area contributed by atoms with Gasteiger partial charge in [-0.25, -0.2) is 9.97 Å². The molecule has 0 amide bonds. The fourth-order valence-electron chi connectivity index (χ4n) is 13.0. The van der Waals surface area contributed by atoms with Crippen molar-refractivity contribution < 1.29 is 18.9 Å². The average molecular weight is 1430 g/mol. The van der Waals surface area contributed by atoms with Crippen LogP contribution in [0.5, 0.6) is 23.0 Å². The third-order valence-corrected chi connectivity index (χ3v) is 18.9. The number of aromatic nitrogens is 4. The van der Waals surface area contributed by atoms with Crippen LogP contribution < -0.4 is 18.9 Å². The van der Waals surface area contributed by atoms with Crippen LogP contribution in [0.3, 0.4) is 0 Å². The van der Waals surface area contributed by atoms with Crippen molar-refractivity contribution >= 4 is 91.9 Å². The fourth-order valence-corrected chi connectivity index (χ4v) is 13.0. The van der Waals surface area contributed by atoms with E-state index in [1.165, 1.54) is 51.4 Å². The summed E-state index contributed by atoms with van der Waals surface area (Å²) < 4.78 is 24.1. The van der Waals surface area contributed by atoms with Crippen LogP contribution in [-0.4, -0.2) is 46.4 Å². The highest BCUT2D eigenvalue weighted by atomic mass is 16.5. The van der Waals surface area contributed by atoms with E-state index in [0.717, 1.165) is 186 Å². The molecule has 0 aliphatic carbocycles. The Kier molecular flexibility index (Phi) is 26.3. The highest BCUT2D eigenvalue weighted by Gasteiger charge is 2.20. The largest absolute Gasteiger partial charge is 0.494 e. The predicted molar refractivity (Wildman–Crippen MR) is 442 cm³/mol. The van der Waals surface area contributed by atoms with E-state index in [0.29, 0.717) is 49.2 Å². The third-order valence-electron chi connectivity index (χ3n) is 18.9. The molecule has 2 aliphatic heterocycles. The first-order chi connectivity index (χ1) is 53.3. The zero-order valence-corrected chi connectivity index (χ0v) is 62.3. The van der Waals surface area contributed by atoms with Crippen molar-refractivity contribution in [3.63, 3.8) is 0 Å². The van der Waals surface area contributed by atoms with Crippen molar-refractivity contribution in [2.45, 2.75) is 130 Å². The molecule has 8 aromatic carbocycles. The standard InChI is InChI=1S/C92H94N12O4/c1-5-9-13-17-61-105-77-45-37-73(38-46-77)101-97-69-29-21-65(22-30-69)89-81-53-55-83(93-81)90(66-23-31-70(32-24-66)98-102-74-39-47-78(48-40-74)106-62-18-14-10-6-2)85-57-59-87(95-85)92(68-27-35-72(36-28-68)100-104-76-43-51-80(52-44-76)108-64-20-16-12-8-4)88-60-58-86(96-88)91(84-56-54-82(89)94-84)67-25-33-71(34-26-67)99-103-75-41-49-79(50-42-75)107-63-19-15-11-7-3/h21-60,93,96H,5-20,61-64H2,1-4H3. The van der Waals surface area contributed by atoms with Gasteiger partial charge in [-0.3, -0.25) is 0 Å². The molecular formula is C92H94N12O4. The summed E-state index contributed by atoms with van der Waals surface area (Å²) in [5.74, 6) is 3.30. The Bertz CT molecular complexity index is 4470. The maximum atomic E-state index is 6.01. The second kappa shape index (κ2) is 38.3. The summed E-state index contributed by atoms with van der Waals surface area (Å²) in [6.07, 6.45) is 26.8. The SMILES string of the molecule is CCCCCCOc1ccc(N=Nc2ccc(-c3c4nc(c(-c5ccc(N=Nc6ccc(OCCCCCC)cc6)cc5)c5ccc([nH]5)c(-c5ccc(N=Nc6ccc(OCCCCCC)cc6)cc5)c5nc(c(-c6ccc(N=Nc7ccc(OCCCCCC)cc7)cc6)c6ccc3[nH]6)C=C5)C=C4)cc2)cc1. The molecule has 16 heteroatoms. The number of H-pyrrole nitrogens is 2. The molecule has 8 bridgehead atoms. The van der Waals surface area contributed by atoms with Crippen molar-refractivity contribution in [2.75, 3.05) is 26.4 Å². The minimum absolute atomic E-state index is 0.695. The zero-order chi connectivity index (χ0) is 73.9. The van der Waals surface area contributed by atoms with Crippen LogP contribution in [0.15, 0.2) is 259 Å². The molecule has 0 atom stereocenters. The summed E-state index contributed by atoms with van der Waals surface area (Å²) in [7, 11) is 0. The lowest BCUT2D eigenvalue weighted by molar-refractivity contribution is 0.305. The van der Waals surface area contributed by atoms with Crippen LogP contribution in [0.2, 0.25) is 0 Å². The van der Waals surface area contributed by atoms with Crippen LogP contribution in [-0.2, 0) is 0 Å². The lowest BCUT2D eigenvalue weighted by atomic mass is 10.0. The van der Waals surface area contributed by atoms with Gasteiger partial charge in [0.15, 0.2) is 0 Å². The number of nitrogens with zero attached hydrogens (tertiary/aromatic N) is 10. The van der Waals surface area contributed by atoms with Gasteiger partial charge in [0.1, 0.15) is 23.0 Å². The van der Waals surface area contributed by atoms with E-state index in [9.17, 15) is 0 Å². The van der Waals surface area contributed by atoms with Gasteiger partial charge < -0.3 is 28.9 Å². The minimum atomic E-state index is 0.695. The number of unbranched alkanes of at least 4 members (excludes halogenated alkanes) is 12. The third kappa shape index (κ3) is 20.3. The van der Waals surface area contributed by atoms with E-state index in [2.05, 4.69) is 176 Å². The topological polar surface area (TPSA) is 193 Å². The molecule has 16 nitrogen and oxygen atoms in total. The molecule has 11 aromatic rings. The van der Waals surface area contributed by atoms with Crippen LogP contribution in [0.25, 0.3) is 90.9 Å². The number of hydrogen-bond acceptors (Lipinski definition) is 14. The van der Waals surface area contributed by atoms with E-state index < -0.39 is 0 Å². The quantitative estimate of drug-likeness (QED) is 0.0290. The van der Waals surface area contributed by atoms with Gasteiger partial charge >= 0.3 is 0 Å². The molecule has 0 saturated heterocycles. The molecule has 2 aliphatic rings. The Morgan fingerprint density at radius 2 is 0.407 bits per heavy atom. The molecule has 0 saturated carbocycles. The molecule has 5 heterocycles. The molecule has 13 rings (SSSR count). The smallest absolute Gasteiger partial charge is 0.119 e. The van der Waals surface area contributed by atoms with Gasteiger partial charge in [-0.1, -0.05) is 153 Å². The van der Waals surface area contributed by atoms with Gasteiger partial charge in [0.05, 0.1) is 94.7 Å². The summed E-state index contributed by atoms with van der Waals surface area (Å²) in [6.45, 7) is 11.6. The maximum absolute atomic E-state index is 6.01. The number of azo groups is 4. The summed E-state index contributed by atoms with van der Waals surface area (Å²) in [4.78, 5) is 19.1. The Labute approximate surface area is 633 Å². The summed E-state index contributed by atoms with van der Waals surface area (Å²) in [6, 6.07) is 72.2. The highest BCUT2D eigenvalue weighted by Crippen LogP contribution is 2.41. The Hall–Kier alpha value is -12.0. The molecule has 546 valence electrons. The molecule has 3 aromatic heterocycles. The second-order valence-electron chi connectivity index (χ2n) is 27.1.